The number of H-pyrrole nitrogens is 1. The van der Waals surface area contributed by atoms with Gasteiger partial charge >= 0.3 is 0 Å². The monoisotopic (exact) mass is 363 g/mol. The van der Waals surface area contributed by atoms with Crippen molar-refractivity contribution in [1.29, 1.82) is 0 Å². The molecule has 0 saturated heterocycles. The van der Waals surface area contributed by atoms with Crippen LogP contribution >= 0.6 is 0 Å². The quantitative estimate of drug-likeness (QED) is 0.283. The van der Waals surface area contributed by atoms with E-state index >= 15 is 0 Å². The molecule has 0 bridgehead atoms. The summed E-state index contributed by atoms with van der Waals surface area (Å²) in [6, 6.07) is 1.75. The van der Waals surface area contributed by atoms with Gasteiger partial charge in [0.1, 0.15) is 35.0 Å². The summed E-state index contributed by atoms with van der Waals surface area (Å²) in [5, 5.41) is 4.51. The predicted molar refractivity (Wildman–Crippen MR) is 101 cm³/mol. The number of nitrogens with two attached hydrogens (primary N) is 3. The van der Waals surface area contributed by atoms with Crippen molar-refractivity contribution in [2.75, 3.05) is 5.73 Å². The number of amidine groups is 1. The van der Waals surface area contributed by atoms with Crippen molar-refractivity contribution >= 4 is 28.6 Å². The minimum absolute atomic E-state index is 0.0339. The normalized spacial score (nSPS) is 12.1. The number of hydrogen-bond acceptors (Lipinski definition) is 6. The lowest BCUT2D eigenvalue weighted by atomic mass is 10.1. The first-order chi connectivity index (χ1) is 12.8. The Morgan fingerprint density at radius 1 is 1.33 bits per heavy atom. The van der Waals surface area contributed by atoms with Gasteiger partial charge in [-0.15, -0.1) is 0 Å². The first-order valence-corrected chi connectivity index (χ1v) is 7.81. The zero-order valence-corrected chi connectivity index (χ0v) is 14.7. The van der Waals surface area contributed by atoms with Crippen molar-refractivity contribution in [2.45, 2.75) is 6.92 Å². The molecule has 0 aliphatic carbocycles. The molecule has 0 fully saturated rings. The van der Waals surface area contributed by atoms with Crippen LogP contribution in [0, 0.1) is 11.8 Å². The van der Waals surface area contributed by atoms with Crippen LogP contribution in [-0.4, -0.2) is 36.5 Å². The Kier molecular flexibility index (Phi) is 4.59. The van der Waals surface area contributed by atoms with E-state index in [9.17, 15) is 4.79 Å². The summed E-state index contributed by atoms with van der Waals surface area (Å²) in [6.07, 6.45) is 4.43. The molecule has 3 aromatic rings. The van der Waals surface area contributed by atoms with Gasteiger partial charge in [0.05, 0.1) is 10.9 Å². The molecule has 1 amide bonds. The number of nitrogen functional groups attached to an aromatic ring is 1. The van der Waals surface area contributed by atoms with E-state index in [0.717, 1.165) is 0 Å². The fourth-order valence-corrected chi connectivity index (χ4v) is 2.40. The van der Waals surface area contributed by atoms with Crippen LogP contribution in [-0.2, 0) is 7.05 Å². The lowest BCUT2D eigenvalue weighted by molar-refractivity contribution is 0.100. The maximum absolute atomic E-state index is 12.7. The Balaban J connectivity index is 2.16. The molecule has 0 aromatic carbocycles. The number of carbonyl (C=O) groups excluding carboxylic acids is 1. The first-order valence-electron chi connectivity index (χ1n) is 7.81. The minimum atomic E-state index is -0.636. The average molecular weight is 363 g/mol. The number of aromatic nitrogens is 5. The highest BCUT2D eigenvalue weighted by molar-refractivity contribution is 6.15. The first kappa shape index (κ1) is 17.7. The molecule has 10 nitrogen and oxygen atoms in total. The van der Waals surface area contributed by atoms with Crippen molar-refractivity contribution in [3.63, 3.8) is 0 Å². The van der Waals surface area contributed by atoms with Crippen LogP contribution in [0.25, 0.3) is 11.0 Å². The van der Waals surface area contributed by atoms with Crippen LogP contribution in [0.2, 0.25) is 0 Å². The van der Waals surface area contributed by atoms with Gasteiger partial charge in [-0.1, -0.05) is 0 Å². The van der Waals surface area contributed by atoms with Crippen molar-refractivity contribution in [3.8, 4) is 11.8 Å². The molecule has 0 saturated carbocycles. The molecular formula is C17H17N9O. The number of nitrogens with zero attached hydrogens (tertiary/aromatic N) is 5. The molecule has 0 unspecified atom stereocenters. The number of nitrogens with one attached hydrogen (secondary N) is 1. The molecule has 0 spiro atoms. The molecular weight excluding hydrogens is 346 g/mol. The Morgan fingerprint density at radius 3 is 2.78 bits per heavy atom. The van der Waals surface area contributed by atoms with Crippen LogP contribution < -0.4 is 17.2 Å². The summed E-state index contributed by atoms with van der Waals surface area (Å²) < 4.78 is 1.62. The maximum Gasteiger partial charge on any atom is 0.282 e. The number of rotatable bonds is 2. The number of allylic oxidation sites excluding steroid dienone is 1. The Morgan fingerprint density at radius 2 is 2.11 bits per heavy atom. The molecule has 3 rings (SSSR count). The van der Waals surface area contributed by atoms with E-state index in [1.807, 2.05) is 0 Å². The number of hydrogen-bond donors (Lipinski definition) is 4. The summed E-state index contributed by atoms with van der Waals surface area (Å²) in [7, 11) is 1.78. The van der Waals surface area contributed by atoms with Gasteiger partial charge in [-0.05, 0) is 30.9 Å². The summed E-state index contributed by atoms with van der Waals surface area (Å²) in [5.41, 5.74) is 19.0. The van der Waals surface area contributed by atoms with Crippen molar-refractivity contribution in [2.24, 2.45) is 23.5 Å². The second-order valence-electron chi connectivity index (χ2n) is 5.71. The largest absolute Gasteiger partial charge is 0.402 e. The summed E-state index contributed by atoms with van der Waals surface area (Å²) >= 11 is 0. The summed E-state index contributed by atoms with van der Waals surface area (Å²) in [5.74, 6) is 5.22. The highest BCUT2D eigenvalue weighted by Crippen LogP contribution is 2.25. The Labute approximate surface area is 154 Å². The molecule has 10 heteroatoms. The van der Waals surface area contributed by atoms with E-state index in [1.165, 1.54) is 12.4 Å². The lowest BCUT2D eigenvalue weighted by Gasteiger charge is -1.99. The van der Waals surface area contributed by atoms with Crippen LogP contribution in [0.15, 0.2) is 35.4 Å². The maximum atomic E-state index is 12.7. The standard InChI is InChI=1S/C17H17N9O/c1-9(18)7-12(19)24-17(27)13-11(4-3-10-5-6-26(2)25-10)23-16-14(13)15(20)21-8-22-16/h5-8H,18H2,1-2H3,(H2,19,24,27)(H3,20,21,22,23)/b9-7-. The number of anilines is 1. The number of fused-ring (bicyclic) bond motifs is 1. The van der Waals surface area contributed by atoms with Gasteiger partial charge in [-0.2, -0.15) is 10.1 Å². The van der Waals surface area contributed by atoms with Gasteiger partial charge in [-0.25, -0.2) is 9.97 Å². The summed E-state index contributed by atoms with van der Waals surface area (Å²) in [4.78, 5) is 27.6. The number of aryl methyl sites for hydroxylation is 1. The number of aliphatic imine (C=N–C) groups is 1. The average Bonchev–Trinajstić information content (AvgIpc) is 3.16. The van der Waals surface area contributed by atoms with Crippen LogP contribution in [0.3, 0.4) is 0 Å². The molecule has 0 aliphatic heterocycles. The van der Waals surface area contributed by atoms with E-state index in [4.69, 9.17) is 17.2 Å². The highest BCUT2D eigenvalue weighted by atomic mass is 16.1. The van der Waals surface area contributed by atoms with Gasteiger partial charge in [0, 0.05) is 18.9 Å². The fraction of sp³-hybridized carbons (Fsp3) is 0.118. The van der Waals surface area contributed by atoms with E-state index in [0.29, 0.717) is 22.4 Å². The van der Waals surface area contributed by atoms with Gasteiger partial charge in [0.2, 0.25) is 0 Å². The fourth-order valence-electron chi connectivity index (χ4n) is 2.40. The smallest absolute Gasteiger partial charge is 0.282 e. The number of carbonyl (C=O) groups is 1. The molecule has 3 heterocycles. The molecule has 27 heavy (non-hydrogen) atoms. The Hall–Kier alpha value is -4.13. The molecule has 0 radical (unpaired) electrons. The van der Waals surface area contributed by atoms with Gasteiger partial charge in [0.15, 0.2) is 0 Å². The third-order valence-corrected chi connectivity index (χ3v) is 3.47. The SMILES string of the molecule is C/C(N)=C/C(N)=NC(=O)c1c(C#Cc2ccn(C)n2)[nH]c2ncnc(N)c12. The zero-order valence-electron chi connectivity index (χ0n) is 14.7. The third-order valence-electron chi connectivity index (χ3n) is 3.47. The molecule has 7 N–H and O–H groups in total. The second-order valence-corrected chi connectivity index (χ2v) is 5.71. The van der Waals surface area contributed by atoms with E-state index in [2.05, 4.69) is 36.9 Å². The minimum Gasteiger partial charge on any atom is -0.402 e. The zero-order chi connectivity index (χ0) is 19.6. The summed E-state index contributed by atoms with van der Waals surface area (Å²) in [6.45, 7) is 1.63. The van der Waals surface area contributed by atoms with Crippen molar-refractivity contribution in [3.05, 3.63) is 47.3 Å². The molecule has 3 aromatic heterocycles. The highest BCUT2D eigenvalue weighted by Gasteiger charge is 2.21. The number of amides is 1. The van der Waals surface area contributed by atoms with E-state index < -0.39 is 5.91 Å². The molecule has 0 aliphatic rings. The number of aromatic amines is 1. The molecule has 136 valence electrons. The topological polar surface area (TPSA) is 167 Å². The van der Waals surface area contributed by atoms with E-state index in [1.54, 1.807) is 30.9 Å². The van der Waals surface area contributed by atoms with Gasteiger partial charge < -0.3 is 22.2 Å². The Bertz CT molecular complexity index is 1150. The van der Waals surface area contributed by atoms with Crippen molar-refractivity contribution < 1.29 is 4.79 Å². The van der Waals surface area contributed by atoms with Gasteiger partial charge in [-0.3, -0.25) is 9.48 Å². The van der Waals surface area contributed by atoms with Gasteiger partial charge in [0.25, 0.3) is 5.91 Å². The predicted octanol–water partition coefficient (Wildman–Crippen LogP) is 0.0333. The van der Waals surface area contributed by atoms with Crippen LogP contribution in [0.5, 0.6) is 0 Å². The lowest BCUT2D eigenvalue weighted by Crippen LogP contribution is -2.14. The van der Waals surface area contributed by atoms with Crippen molar-refractivity contribution in [1.82, 2.24) is 24.7 Å². The van der Waals surface area contributed by atoms with E-state index in [-0.39, 0.29) is 22.9 Å². The third kappa shape index (κ3) is 3.77. The molecule has 0 atom stereocenters. The van der Waals surface area contributed by atoms with Crippen LogP contribution in [0.1, 0.15) is 28.7 Å². The second kappa shape index (κ2) is 7.01. The van der Waals surface area contributed by atoms with Crippen LogP contribution in [0.4, 0.5) is 5.82 Å².